The average Bonchev–Trinajstić information content (AvgIpc) is 2.67. The smallest absolute Gasteiger partial charge is 0.124 e. The van der Waals surface area contributed by atoms with Crippen molar-refractivity contribution in [2.45, 2.75) is 53.4 Å². The van der Waals surface area contributed by atoms with Gasteiger partial charge in [0.05, 0.1) is 0 Å². The highest BCUT2D eigenvalue weighted by molar-refractivity contribution is 6.01. The third kappa shape index (κ3) is 6.52. The molecule has 150 valence electrons. The van der Waals surface area contributed by atoms with Crippen LogP contribution >= 0.6 is 0 Å². The maximum Gasteiger partial charge on any atom is 0.124 e. The minimum atomic E-state index is 0.291. The zero-order chi connectivity index (χ0) is 20.5. The van der Waals surface area contributed by atoms with Crippen LogP contribution in [0.2, 0.25) is 0 Å². The van der Waals surface area contributed by atoms with Crippen molar-refractivity contribution in [2.75, 3.05) is 13.1 Å². The molecule has 2 N–H and O–H groups in total. The Morgan fingerprint density at radius 2 is 1.07 bits per heavy atom. The third-order valence-corrected chi connectivity index (χ3v) is 4.85. The van der Waals surface area contributed by atoms with Gasteiger partial charge in [-0.1, -0.05) is 36.1 Å². The number of aliphatic imine (C=N–C) groups is 2. The van der Waals surface area contributed by atoms with Gasteiger partial charge in [-0.15, -0.1) is 0 Å². The second-order valence-corrected chi connectivity index (χ2v) is 7.39. The van der Waals surface area contributed by atoms with E-state index in [1.54, 1.807) is 12.1 Å². The van der Waals surface area contributed by atoms with Crippen LogP contribution in [0.15, 0.2) is 46.4 Å². The summed E-state index contributed by atoms with van der Waals surface area (Å²) < 4.78 is 0. The molecule has 0 aliphatic carbocycles. The molecule has 0 aromatic heterocycles. The van der Waals surface area contributed by atoms with Gasteiger partial charge < -0.3 is 10.2 Å². The number of rotatable bonds is 9. The van der Waals surface area contributed by atoms with E-state index < -0.39 is 0 Å². The number of aryl methyl sites for hydroxylation is 2. The van der Waals surface area contributed by atoms with Crippen molar-refractivity contribution in [3.63, 3.8) is 0 Å². The Hall–Kier alpha value is -2.62. The molecular weight excluding hydrogens is 348 g/mol. The highest BCUT2D eigenvalue weighted by Crippen LogP contribution is 2.20. The van der Waals surface area contributed by atoms with Crippen LogP contribution in [-0.4, -0.2) is 34.7 Å². The van der Waals surface area contributed by atoms with Crippen molar-refractivity contribution in [3.05, 3.63) is 58.7 Å². The molecule has 0 radical (unpaired) electrons. The van der Waals surface area contributed by atoms with Gasteiger partial charge in [0.1, 0.15) is 11.5 Å². The van der Waals surface area contributed by atoms with Crippen molar-refractivity contribution in [3.8, 4) is 11.5 Å². The summed E-state index contributed by atoms with van der Waals surface area (Å²) in [6.07, 6.45) is 4.29. The van der Waals surface area contributed by atoms with Gasteiger partial charge in [0.2, 0.25) is 0 Å². The Morgan fingerprint density at radius 1 is 0.679 bits per heavy atom. The molecule has 0 heterocycles. The number of phenolic OH excluding ortho intramolecular Hbond substituents is 2. The Labute approximate surface area is 168 Å². The van der Waals surface area contributed by atoms with E-state index in [0.717, 1.165) is 72.4 Å². The zero-order valence-electron chi connectivity index (χ0n) is 17.5. The SMILES string of the molecule is CC(=NCCCCCCN=C(C)c1cc(C)ccc1O)c1cc(C)ccc1O. The van der Waals surface area contributed by atoms with E-state index >= 15 is 0 Å². The van der Waals surface area contributed by atoms with E-state index in [2.05, 4.69) is 9.98 Å². The molecule has 0 aliphatic heterocycles. The lowest BCUT2D eigenvalue weighted by Crippen LogP contribution is -1.99. The third-order valence-electron chi connectivity index (χ3n) is 4.85. The number of hydrogen-bond donors (Lipinski definition) is 2. The second-order valence-electron chi connectivity index (χ2n) is 7.39. The standard InChI is InChI=1S/C24H32N2O2/c1-17-9-11-23(27)21(15-17)19(3)25-13-7-5-6-8-14-26-20(4)22-16-18(2)10-12-24(22)28/h9-12,15-16,27-28H,5-8,13-14H2,1-4H3. The first-order valence-corrected chi connectivity index (χ1v) is 10.0. The first-order chi connectivity index (χ1) is 13.4. The molecular formula is C24H32N2O2. The second kappa shape index (κ2) is 10.6. The van der Waals surface area contributed by atoms with Gasteiger partial charge in [0, 0.05) is 35.6 Å². The molecule has 0 unspecified atom stereocenters. The summed E-state index contributed by atoms with van der Waals surface area (Å²) in [5.74, 6) is 0.583. The summed E-state index contributed by atoms with van der Waals surface area (Å²) in [6, 6.07) is 11.2. The summed E-state index contributed by atoms with van der Waals surface area (Å²) in [6.45, 7) is 9.48. The summed E-state index contributed by atoms with van der Waals surface area (Å²) in [7, 11) is 0. The fourth-order valence-corrected chi connectivity index (χ4v) is 3.12. The van der Waals surface area contributed by atoms with Crippen molar-refractivity contribution >= 4 is 11.4 Å². The average molecular weight is 381 g/mol. The highest BCUT2D eigenvalue weighted by Gasteiger charge is 2.05. The van der Waals surface area contributed by atoms with E-state index in [9.17, 15) is 10.2 Å². The normalized spacial score (nSPS) is 12.4. The topological polar surface area (TPSA) is 65.2 Å². The summed E-state index contributed by atoms with van der Waals surface area (Å²) in [4.78, 5) is 9.20. The van der Waals surface area contributed by atoms with Crippen LogP contribution in [0.3, 0.4) is 0 Å². The molecule has 0 saturated carbocycles. The van der Waals surface area contributed by atoms with Crippen LogP contribution in [0.4, 0.5) is 0 Å². The molecule has 4 heteroatoms. The van der Waals surface area contributed by atoms with Crippen LogP contribution in [0.1, 0.15) is 61.8 Å². The van der Waals surface area contributed by atoms with Gasteiger partial charge in [-0.05, 0) is 64.8 Å². The molecule has 0 atom stereocenters. The van der Waals surface area contributed by atoms with Crippen LogP contribution < -0.4 is 0 Å². The minimum absolute atomic E-state index is 0.291. The van der Waals surface area contributed by atoms with Gasteiger partial charge in [-0.2, -0.15) is 0 Å². The van der Waals surface area contributed by atoms with Crippen LogP contribution in [0.5, 0.6) is 11.5 Å². The summed E-state index contributed by atoms with van der Waals surface area (Å²) >= 11 is 0. The number of nitrogens with zero attached hydrogens (tertiary/aromatic N) is 2. The van der Waals surface area contributed by atoms with Crippen LogP contribution in [0, 0.1) is 13.8 Å². The first kappa shape index (κ1) is 21.7. The number of aromatic hydroxyl groups is 2. The quantitative estimate of drug-likeness (QED) is 0.440. The number of hydrogen-bond acceptors (Lipinski definition) is 4. The van der Waals surface area contributed by atoms with Crippen molar-refractivity contribution in [1.29, 1.82) is 0 Å². The number of unbranched alkanes of at least 4 members (excludes halogenated alkanes) is 3. The molecule has 2 aromatic rings. The zero-order valence-corrected chi connectivity index (χ0v) is 17.5. The minimum Gasteiger partial charge on any atom is -0.507 e. The molecule has 0 saturated heterocycles. The lowest BCUT2D eigenvalue weighted by molar-refractivity contribution is 0.473. The number of benzene rings is 2. The molecule has 28 heavy (non-hydrogen) atoms. The van der Waals surface area contributed by atoms with E-state index in [4.69, 9.17) is 0 Å². The molecule has 0 fully saturated rings. The Kier molecular flexibility index (Phi) is 8.24. The fraction of sp³-hybridized carbons (Fsp3) is 0.417. The van der Waals surface area contributed by atoms with Gasteiger partial charge in [0.25, 0.3) is 0 Å². The number of phenols is 2. The fourth-order valence-electron chi connectivity index (χ4n) is 3.12. The van der Waals surface area contributed by atoms with Gasteiger partial charge in [-0.3, -0.25) is 9.98 Å². The molecule has 0 spiro atoms. The molecule has 0 aliphatic rings. The van der Waals surface area contributed by atoms with E-state index in [1.807, 2.05) is 52.0 Å². The van der Waals surface area contributed by atoms with E-state index in [1.165, 1.54) is 0 Å². The highest BCUT2D eigenvalue weighted by atomic mass is 16.3. The van der Waals surface area contributed by atoms with Gasteiger partial charge >= 0.3 is 0 Å². The van der Waals surface area contributed by atoms with E-state index in [0.29, 0.717) is 11.5 Å². The Balaban J connectivity index is 1.70. The predicted octanol–water partition coefficient (Wildman–Crippen LogP) is 5.59. The van der Waals surface area contributed by atoms with Crippen molar-refractivity contribution in [1.82, 2.24) is 0 Å². The molecule has 0 bridgehead atoms. The molecule has 4 nitrogen and oxygen atoms in total. The molecule has 2 rings (SSSR count). The Bertz CT molecular complexity index is 782. The Morgan fingerprint density at radius 3 is 1.46 bits per heavy atom. The van der Waals surface area contributed by atoms with Crippen LogP contribution in [-0.2, 0) is 0 Å². The first-order valence-electron chi connectivity index (χ1n) is 10.0. The maximum atomic E-state index is 9.96. The largest absolute Gasteiger partial charge is 0.507 e. The maximum absolute atomic E-state index is 9.96. The summed E-state index contributed by atoms with van der Waals surface area (Å²) in [5, 5.41) is 19.9. The van der Waals surface area contributed by atoms with Crippen molar-refractivity contribution in [2.24, 2.45) is 9.98 Å². The lowest BCUT2D eigenvalue weighted by atomic mass is 10.1. The van der Waals surface area contributed by atoms with Gasteiger partial charge in [0.15, 0.2) is 0 Å². The van der Waals surface area contributed by atoms with Crippen LogP contribution in [0.25, 0.3) is 0 Å². The molecule has 2 aromatic carbocycles. The van der Waals surface area contributed by atoms with Gasteiger partial charge in [-0.25, -0.2) is 0 Å². The summed E-state index contributed by atoms with van der Waals surface area (Å²) in [5.41, 5.74) is 5.67. The van der Waals surface area contributed by atoms with E-state index in [-0.39, 0.29) is 0 Å². The van der Waals surface area contributed by atoms with Crippen molar-refractivity contribution < 1.29 is 10.2 Å². The molecule has 0 amide bonds. The lowest BCUT2D eigenvalue weighted by Gasteiger charge is -2.06. The monoisotopic (exact) mass is 380 g/mol. The predicted molar refractivity (Wildman–Crippen MR) is 118 cm³/mol.